The Kier molecular flexibility index (Phi) is 5.17. The summed E-state index contributed by atoms with van der Waals surface area (Å²) < 4.78 is 13.0. The number of hydrogen-bond donors (Lipinski definition) is 3. The molecule has 3 fully saturated rings. The largest absolute Gasteiger partial charge is 0.446 e. The van der Waals surface area contributed by atoms with Crippen molar-refractivity contribution in [2.24, 2.45) is 7.05 Å². The van der Waals surface area contributed by atoms with Crippen molar-refractivity contribution in [2.75, 3.05) is 11.9 Å². The number of aromatic amines is 1. The lowest BCUT2D eigenvalue weighted by Crippen LogP contribution is -2.40. The van der Waals surface area contributed by atoms with E-state index in [0.29, 0.717) is 18.1 Å². The molecule has 5 rings (SSSR count). The Morgan fingerprint density at radius 2 is 2.23 bits per heavy atom. The van der Waals surface area contributed by atoms with Crippen molar-refractivity contribution in [1.82, 2.24) is 25.3 Å². The van der Waals surface area contributed by atoms with Gasteiger partial charge in [0.2, 0.25) is 0 Å². The molecule has 2 saturated carbocycles. The minimum Gasteiger partial charge on any atom is -0.446 e. The summed E-state index contributed by atoms with van der Waals surface area (Å²) in [6, 6.07) is 3.54. The number of aryl methyl sites for hydroxylation is 1. The zero-order valence-corrected chi connectivity index (χ0v) is 17.6. The predicted octanol–water partition coefficient (Wildman–Crippen LogP) is 2.47. The van der Waals surface area contributed by atoms with E-state index in [9.17, 15) is 9.59 Å². The number of amides is 2. The fraction of sp³-hybridized carbons (Fsp3) is 0.619. The Bertz CT molecular complexity index is 965. The first-order valence-corrected chi connectivity index (χ1v) is 11.0. The molecule has 3 aliphatic rings. The molecule has 1 saturated heterocycles. The van der Waals surface area contributed by atoms with Crippen LogP contribution in [0.2, 0.25) is 0 Å². The first-order chi connectivity index (χ1) is 15.0. The van der Waals surface area contributed by atoms with E-state index in [-0.39, 0.29) is 35.7 Å². The van der Waals surface area contributed by atoms with Gasteiger partial charge in [-0.25, -0.2) is 4.79 Å². The van der Waals surface area contributed by atoms with Gasteiger partial charge in [0, 0.05) is 30.9 Å². The van der Waals surface area contributed by atoms with Gasteiger partial charge in [0.25, 0.3) is 5.91 Å². The van der Waals surface area contributed by atoms with E-state index in [1.165, 1.54) is 11.1 Å². The molecule has 2 aliphatic carbocycles. The molecule has 0 bridgehead atoms. The highest BCUT2D eigenvalue weighted by molar-refractivity contribution is 6.02. The fourth-order valence-corrected chi connectivity index (χ4v) is 4.93. The van der Waals surface area contributed by atoms with Crippen LogP contribution in [0.3, 0.4) is 0 Å². The summed E-state index contributed by atoms with van der Waals surface area (Å²) in [4.78, 5) is 24.6. The first kappa shape index (κ1) is 20.0. The van der Waals surface area contributed by atoms with Gasteiger partial charge in [-0.15, -0.1) is 0 Å². The summed E-state index contributed by atoms with van der Waals surface area (Å²) in [6.45, 7) is 0.573. The van der Waals surface area contributed by atoms with Gasteiger partial charge in [-0.1, -0.05) is 0 Å². The van der Waals surface area contributed by atoms with Gasteiger partial charge in [-0.3, -0.25) is 14.6 Å². The number of anilines is 1. The number of H-pyrrole nitrogens is 1. The van der Waals surface area contributed by atoms with E-state index < -0.39 is 0 Å². The van der Waals surface area contributed by atoms with Gasteiger partial charge >= 0.3 is 6.09 Å². The van der Waals surface area contributed by atoms with Crippen molar-refractivity contribution in [3.05, 3.63) is 29.7 Å². The highest BCUT2D eigenvalue weighted by atomic mass is 16.6. The second-order valence-corrected chi connectivity index (χ2v) is 8.93. The molecule has 2 aromatic rings. The van der Waals surface area contributed by atoms with Crippen LogP contribution in [-0.4, -0.2) is 56.3 Å². The molecule has 0 unspecified atom stereocenters. The number of nitrogens with one attached hydrogen (secondary N) is 3. The standard InChI is InChI=1S/C21H28N6O4/c1-27-17(5-8-22-27)19(28)24-18-10-16(25-26-18)13-3-4-15(9-13)31-20(29)23-14-11-21(30-12-14)6-2-7-21/h5,8,10,13-15H,2-4,6-7,9,11-12H2,1H3,(H,23,29)(H2,24,25,26,28)/t13-,14+,15+/m0/s1. The molecule has 31 heavy (non-hydrogen) atoms. The Morgan fingerprint density at radius 3 is 2.94 bits per heavy atom. The smallest absolute Gasteiger partial charge is 0.407 e. The third-order valence-corrected chi connectivity index (χ3v) is 6.79. The van der Waals surface area contributed by atoms with E-state index >= 15 is 0 Å². The van der Waals surface area contributed by atoms with E-state index in [1.54, 1.807) is 19.3 Å². The third kappa shape index (κ3) is 4.16. The Balaban J connectivity index is 1.09. The summed E-state index contributed by atoms with van der Waals surface area (Å²) in [5.41, 5.74) is 1.41. The Labute approximate surface area is 180 Å². The SMILES string of the molecule is Cn1nccc1C(=O)Nc1cc([C@H]2CC[C@@H](OC(=O)N[C@H]3COC4(CCC4)C3)C2)[nH]n1. The highest BCUT2D eigenvalue weighted by Gasteiger charge is 2.45. The van der Waals surface area contributed by atoms with Crippen LogP contribution < -0.4 is 10.6 Å². The fourth-order valence-electron chi connectivity index (χ4n) is 4.93. The van der Waals surface area contributed by atoms with E-state index in [4.69, 9.17) is 9.47 Å². The van der Waals surface area contributed by atoms with E-state index in [0.717, 1.165) is 44.2 Å². The van der Waals surface area contributed by atoms with Crippen LogP contribution in [0, 0.1) is 0 Å². The van der Waals surface area contributed by atoms with Crippen LogP contribution in [-0.2, 0) is 16.5 Å². The van der Waals surface area contributed by atoms with Crippen LogP contribution in [0.25, 0.3) is 0 Å². The quantitative estimate of drug-likeness (QED) is 0.672. The van der Waals surface area contributed by atoms with Crippen molar-refractivity contribution in [3.8, 4) is 0 Å². The van der Waals surface area contributed by atoms with Crippen molar-refractivity contribution in [1.29, 1.82) is 0 Å². The number of rotatable bonds is 5. The number of hydrogen-bond acceptors (Lipinski definition) is 6. The minimum absolute atomic E-state index is 0.0148. The molecule has 10 heteroatoms. The number of alkyl carbamates (subject to hydrolysis) is 1. The molecule has 2 amide bonds. The zero-order chi connectivity index (χ0) is 21.4. The molecule has 10 nitrogen and oxygen atoms in total. The van der Waals surface area contributed by atoms with Gasteiger partial charge < -0.3 is 20.1 Å². The lowest BCUT2D eigenvalue weighted by atomic mass is 9.77. The second-order valence-electron chi connectivity index (χ2n) is 8.93. The van der Waals surface area contributed by atoms with Crippen LogP contribution in [0.5, 0.6) is 0 Å². The topological polar surface area (TPSA) is 123 Å². The molecular weight excluding hydrogens is 400 g/mol. The number of aromatic nitrogens is 4. The summed E-state index contributed by atoms with van der Waals surface area (Å²) in [5.74, 6) is 0.414. The lowest BCUT2D eigenvalue weighted by molar-refractivity contribution is -0.0563. The Morgan fingerprint density at radius 1 is 1.35 bits per heavy atom. The first-order valence-electron chi connectivity index (χ1n) is 11.0. The maximum atomic E-state index is 12.3. The van der Waals surface area contributed by atoms with Crippen LogP contribution in [0.15, 0.2) is 18.3 Å². The van der Waals surface area contributed by atoms with Crippen LogP contribution in [0.1, 0.15) is 67.0 Å². The zero-order valence-electron chi connectivity index (χ0n) is 17.6. The molecule has 2 aromatic heterocycles. The van der Waals surface area contributed by atoms with Gasteiger partial charge in [-0.2, -0.15) is 10.2 Å². The lowest BCUT2D eigenvalue weighted by Gasteiger charge is -2.37. The van der Waals surface area contributed by atoms with Crippen molar-refractivity contribution >= 4 is 17.8 Å². The molecule has 0 aromatic carbocycles. The average molecular weight is 428 g/mol. The molecule has 3 atom stereocenters. The van der Waals surface area contributed by atoms with Crippen molar-refractivity contribution < 1.29 is 19.1 Å². The van der Waals surface area contributed by atoms with Crippen LogP contribution in [0.4, 0.5) is 10.6 Å². The molecule has 3 N–H and O–H groups in total. The summed E-state index contributed by atoms with van der Waals surface area (Å²) in [5, 5.41) is 17.0. The molecule has 1 aliphatic heterocycles. The molecule has 0 radical (unpaired) electrons. The number of carbonyl (C=O) groups is 2. The van der Waals surface area contributed by atoms with Gasteiger partial charge in [0.15, 0.2) is 5.82 Å². The van der Waals surface area contributed by atoms with E-state index in [2.05, 4.69) is 25.9 Å². The average Bonchev–Trinajstić information content (AvgIpc) is 3.47. The van der Waals surface area contributed by atoms with Crippen LogP contribution >= 0.6 is 0 Å². The molecule has 166 valence electrons. The van der Waals surface area contributed by atoms with Crippen molar-refractivity contribution in [3.63, 3.8) is 0 Å². The minimum atomic E-state index is -0.357. The number of ether oxygens (including phenoxy) is 2. The summed E-state index contributed by atoms with van der Waals surface area (Å²) >= 11 is 0. The number of carbonyl (C=O) groups excluding carboxylic acids is 2. The Hall–Kier alpha value is -2.88. The highest BCUT2D eigenvalue weighted by Crippen LogP contribution is 2.43. The van der Waals surface area contributed by atoms with Crippen molar-refractivity contribution in [2.45, 2.75) is 68.6 Å². The molecular formula is C21H28N6O4. The number of nitrogens with zero attached hydrogens (tertiary/aromatic N) is 3. The normalized spacial score (nSPS) is 26.5. The van der Waals surface area contributed by atoms with Gasteiger partial charge in [0.05, 0.1) is 18.2 Å². The van der Waals surface area contributed by atoms with Gasteiger partial charge in [0.1, 0.15) is 11.8 Å². The maximum absolute atomic E-state index is 12.3. The third-order valence-electron chi connectivity index (χ3n) is 6.79. The second kappa shape index (κ2) is 7.99. The maximum Gasteiger partial charge on any atom is 0.407 e. The van der Waals surface area contributed by atoms with E-state index in [1.807, 2.05) is 6.07 Å². The summed E-state index contributed by atoms with van der Waals surface area (Å²) in [7, 11) is 1.71. The molecule has 1 spiro atoms. The van der Waals surface area contributed by atoms with Gasteiger partial charge in [-0.05, 0) is 51.0 Å². The predicted molar refractivity (Wildman–Crippen MR) is 111 cm³/mol. The molecule has 3 heterocycles. The summed E-state index contributed by atoms with van der Waals surface area (Å²) in [6.07, 6.45) is 7.81. The monoisotopic (exact) mass is 428 g/mol.